The molecule has 0 saturated carbocycles. The molecule has 0 radical (unpaired) electrons. The van der Waals surface area contributed by atoms with E-state index >= 15 is 0 Å². The SMILES string of the molecule is Cc1cc(-c2nc(C)c(F)c(N)n2)ccc1Br. The molecule has 0 aliphatic carbocycles. The Morgan fingerprint density at radius 2 is 1.94 bits per heavy atom. The number of nitrogens with two attached hydrogens (primary N) is 1. The van der Waals surface area contributed by atoms with E-state index in [9.17, 15) is 4.39 Å². The van der Waals surface area contributed by atoms with Gasteiger partial charge in [0.25, 0.3) is 0 Å². The predicted molar refractivity (Wildman–Crippen MR) is 69.0 cm³/mol. The molecule has 1 aromatic carbocycles. The first-order valence-corrected chi connectivity index (χ1v) is 5.84. The maximum Gasteiger partial charge on any atom is 0.186 e. The lowest BCUT2D eigenvalue weighted by atomic mass is 10.1. The van der Waals surface area contributed by atoms with Gasteiger partial charge in [-0.3, -0.25) is 0 Å². The van der Waals surface area contributed by atoms with Crippen molar-refractivity contribution in [1.29, 1.82) is 0 Å². The van der Waals surface area contributed by atoms with Crippen LogP contribution in [-0.2, 0) is 0 Å². The summed E-state index contributed by atoms with van der Waals surface area (Å²) in [5.74, 6) is -0.229. The van der Waals surface area contributed by atoms with Gasteiger partial charge in [-0.25, -0.2) is 14.4 Å². The van der Waals surface area contributed by atoms with Gasteiger partial charge in [-0.05, 0) is 31.5 Å². The summed E-state index contributed by atoms with van der Waals surface area (Å²) < 4.78 is 14.3. The molecule has 1 heterocycles. The molecular formula is C12H11BrFN3. The van der Waals surface area contributed by atoms with Crippen LogP contribution in [0.3, 0.4) is 0 Å². The Kier molecular flexibility index (Phi) is 3.11. The summed E-state index contributed by atoms with van der Waals surface area (Å²) in [5.41, 5.74) is 7.63. The second kappa shape index (κ2) is 4.41. The number of rotatable bonds is 1. The summed E-state index contributed by atoms with van der Waals surface area (Å²) in [6.45, 7) is 3.54. The van der Waals surface area contributed by atoms with E-state index in [1.807, 2.05) is 25.1 Å². The van der Waals surface area contributed by atoms with Crippen molar-refractivity contribution in [1.82, 2.24) is 9.97 Å². The molecule has 2 aromatic rings. The molecule has 0 aliphatic rings. The van der Waals surface area contributed by atoms with Crippen molar-refractivity contribution in [2.45, 2.75) is 13.8 Å². The number of nitrogen functional groups attached to an aromatic ring is 1. The standard InChI is InChI=1S/C12H11BrFN3/c1-6-5-8(3-4-9(6)13)12-16-7(2)10(14)11(15)17-12/h3-5H,1-2H3,(H2,15,16,17). The lowest BCUT2D eigenvalue weighted by Crippen LogP contribution is -2.03. The minimum atomic E-state index is -0.553. The van der Waals surface area contributed by atoms with E-state index in [0.29, 0.717) is 5.82 Å². The molecule has 3 nitrogen and oxygen atoms in total. The van der Waals surface area contributed by atoms with E-state index in [1.54, 1.807) is 6.92 Å². The fraction of sp³-hybridized carbons (Fsp3) is 0.167. The maximum atomic E-state index is 13.3. The van der Waals surface area contributed by atoms with Gasteiger partial charge in [0, 0.05) is 10.0 Å². The molecule has 0 atom stereocenters. The first-order chi connectivity index (χ1) is 7.99. The quantitative estimate of drug-likeness (QED) is 0.879. The van der Waals surface area contributed by atoms with Gasteiger partial charge in [-0.1, -0.05) is 22.0 Å². The highest BCUT2D eigenvalue weighted by Crippen LogP contribution is 2.24. The summed E-state index contributed by atoms with van der Waals surface area (Å²) in [5, 5.41) is 0. The number of hydrogen-bond acceptors (Lipinski definition) is 3. The monoisotopic (exact) mass is 295 g/mol. The van der Waals surface area contributed by atoms with Crippen LogP contribution in [0.2, 0.25) is 0 Å². The molecule has 0 bridgehead atoms. The zero-order valence-corrected chi connectivity index (χ0v) is 11.0. The van der Waals surface area contributed by atoms with Crippen molar-refractivity contribution in [3.05, 3.63) is 39.7 Å². The van der Waals surface area contributed by atoms with Crippen molar-refractivity contribution in [3.8, 4) is 11.4 Å². The molecule has 0 amide bonds. The normalized spacial score (nSPS) is 10.6. The Morgan fingerprint density at radius 3 is 2.53 bits per heavy atom. The van der Waals surface area contributed by atoms with Crippen LogP contribution >= 0.6 is 15.9 Å². The highest BCUT2D eigenvalue weighted by Gasteiger charge is 2.10. The molecule has 2 rings (SSSR count). The van der Waals surface area contributed by atoms with Crippen molar-refractivity contribution in [2.24, 2.45) is 0 Å². The zero-order valence-electron chi connectivity index (χ0n) is 9.46. The average Bonchev–Trinajstić information content (AvgIpc) is 2.29. The van der Waals surface area contributed by atoms with Crippen LogP contribution in [0.1, 0.15) is 11.3 Å². The van der Waals surface area contributed by atoms with E-state index in [-0.39, 0.29) is 11.5 Å². The van der Waals surface area contributed by atoms with Gasteiger partial charge in [0.2, 0.25) is 0 Å². The molecule has 0 saturated heterocycles. The van der Waals surface area contributed by atoms with E-state index < -0.39 is 5.82 Å². The number of benzene rings is 1. The molecule has 1 aromatic heterocycles. The highest BCUT2D eigenvalue weighted by molar-refractivity contribution is 9.10. The van der Waals surface area contributed by atoms with Gasteiger partial charge in [0.15, 0.2) is 17.5 Å². The Morgan fingerprint density at radius 1 is 1.24 bits per heavy atom. The number of nitrogens with zero attached hydrogens (tertiary/aromatic N) is 2. The molecular weight excluding hydrogens is 285 g/mol. The largest absolute Gasteiger partial charge is 0.381 e. The number of anilines is 1. The smallest absolute Gasteiger partial charge is 0.186 e. The molecule has 0 unspecified atom stereocenters. The summed E-state index contributed by atoms with van der Waals surface area (Å²) in [7, 11) is 0. The third-order valence-electron chi connectivity index (χ3n) is 2.46. The van der Waals surface area contributed by atoms with E-state index in [1.165, 1.54) is 0 Å². The van der Waals surface area contributed by atoms with Crippen molar-refractivity contribution >= 4 is 21.7 Å². The van der Waals surface area contributed by atoms with Gasteiger partial charge in [-0.15, -0.1) is 0 Å². The molecule has 2 N–H and O–H groups in total. The van der Waals surface area contributed by atoms with Crippen LogP contribution in [0.4, 0.5) is 10.2 Å². The highest BCUT2D eigenvalue weighted by atomic mass is 79.9. The van der Waals surface area contributed by atoms with E-state index in [0.717, 1.165) is 15.6 Å². The Labute approximate surface area is 107 Å². The first-order valence-electron chi connectivity index (χ1n) is 5.05. The third kappa shape index (κ3) is 2.29. The number of hydrogen-bond donors (Lipinski definition) is 1. The van der Waals surface area contributed by atoms with E-state index in [4.69, 9.17) is 5.73 Å². The van der Waals surface area contributed by atoms with E-state index in [2.05, 4.69) is 25.9 Å². The van der Waals surface area contributed by atoms with Crippen LogP contribution in [0.5, 0.6) is 0 Å². The van der Waals surface area contributed by atoms with Gasteiger partial charge >= 0.3 is 0 Å². The summed E-state index contributed by atoms with van der Waals surface area (Å²) >= 11 is 3.42. The Hall–Kier alpha value is -1.49. The second-order valence-electron chi connectivity index (χ2n) is 3.80. The average molecular weight is 296 g/mol. The Balaban J connectivity index is 2.57. The molecule has 88 valence electrons. The van der Waals surface area contributed by atoms with Crippen molar-refractivity contribution in [2.75, 3.05) is 5.73 Å². The number of aromatic nitrogens is 2. The maximum absolute atomic E-state index is 13.3. The van der Waals surface area contributed by atoms with Crippen molar-refractivity contribution < 1.29 is 4.39 Å². The van der Waals surface area contributed by atoms with Crippen molar-refractivity contribution in [3.63, 3.8) is 0 Å². The van der Waals surface area contributed by atoms with Crippen LogP contribution < -0.4 is 5.73 Å². The molecule has 0 spiro atoms. The topological polar surface area (TPSA) is 51.8 Å². The van der Waals surface area contributed by atoms with Crippen LogP contribution in [0, 0.1) is 19.7 Å². The van der Waals surface area contributed by atoms with Crippen LogP contribution in [0.15, 0.2) is 22.7 Å². The number of halogens is 2. The van der Waals surface area contributed by atoms with Gasteiger partial charge in [0.1, 0.15) is 0 Å². The minimum Gasteiger partial charge on any atom is -0.381 e. The summed E-state index contributed by atoms with van der Waals surface area (Å²) in [4.78, 5) is 8.04. The minimum absolute atomic E-state index is 0.118. The first kappa shape index (κ1) is 12.0. The second-order valence-corrected chi connectivity index (χ2v) is 4.65. The lowest BCUT2D eigenvalue weighted by Gasteiger charge is -2.06. The van der Waals surface area contributed by atoms with Gasteiger partial charge < -0.3 is 5.73 Å². The fourth-order valence-electron chi connectivity index (χ4n) is 1.49. The van der Waals surface area contributed by atoms with Gasteiger partial charge in [-0.2, -0.15) is 0 Å². The lowest BCUT2D eigenvalue weighted by molar-refractivity contribution is 0.608. The summed E-state index contributed by atoms with van der Waals surface area (Å²) in [6.07, 6.45) is 0. The molecule has 17 heavy (non-hydrogen) atoms. The van der Waals surface area contributed by atoms with Gasteiger partial charge in [0.05, 0.1) is 5.69 Å². The van der Waals surface area contributed by atoms with Crippen LogP contribution in [0.25, 0.3) is 11.4 Å². The predicted octanol–water partition coefficient (Wildman–Crippen LogP) is 3.24. The molecule has 0 fully saturated rings. The zero-order chi connectivity index (χ0) is 12.6. The summed E-state index contributed by atoms with van der Waals surface area (Å²) in [6, 6.07) is 5.70. The fourth-order valence-corrected chi connectivity index (χ4v) is 1.74. The molecule has 5 heteroatoms. The third-order valence-corrected chi connectivity index (χ3v) is 3.35. The van der Waals surface area contributed by atoms with Crippen LogP contribution in [-0.4, -0.2) is 9.97 Å². The number of aryl methyl sites for hydroxylation is 2. The molecule has 0 aliphatic heterocycles. The Bertz CT molecular complexity index is 561.